The smallest absolute Gasteiger partial charge is 0.251 e. The minimum absolute atomic E-state index is 0.127. The molecule has 2 aromatic rings. The fourth-order valence-electron chi connectivity index (χ4n) is 3.46. The molecule has 0 aromatic heterocycles. The maximum Gasteiger partial charge on any atom is 0.251 e. The van der Waals surface area contributed by atoms with Crippen molar-refractivity contribution in [1.29, 1.82) is 0 Å². The Bertz CT molecular complexity index is 795. The summed E-state index contributed by atoms with van der Waals surface area (Å²) in [5.41, 5.74) is 3.19. The van der Waals surface area contributed by atoms with Crippen LogP contribution >= 0.6 is 0 Å². The molecule has 3 rings (SSSR count). The van der Waals surface area contributed by atoms with Crippen LogP contribution < -0.4 is 14.8 Å². The Balaban J connectivity index is 1.66. The summed E-state index contributed by atoms with van der Waals surface area (Å²) in [7, 11) is 3.15. The van der Waals surface area contributed by atoms with Crippen LogP contribution in [0, 0.1) is 0 Å². The molecule has 1 amide bonds. The van der Waals surface area contributed by atoms with E-state index in [0.29, 0.717) is 23.6 Å². The Morgan fingerprint density at radius 3 is 2.33 bits per heavy atom. The fourth-order valence-corrected chi connectivity index (χ4v) is 3.46. The van der Waals surface area contributed by atoms with E-state index >= 15 is 0 Å². The van der Waals surface area contributed by atoms with E-state index < -0.39 is 0 Å². The number of carbonyl (C=O) groups excluding carboxylic acids is 1. The van der Waals surface area contributed by atoms with Crippen molar-refractivity contribution in [3.05, 3.63) is 59.2 Å². The number of hydrogen-bond acceptors (Lipinski definition) is 4. The average Bonchev–Trinajstić information content (AvgIpc) is 2.71. The topological polar surface area (TPSA) is 50.8 Å². The third-order valence-corrected chi connectivity index (χ3v) is 5.28. The molecular weight excluding hydrogens is 340 g/mol. The molecule has 1 aliphatic rings. The van der Waals surface area contributed by atoms with Gasteiger partial charge in [0.05, 0.1) is 14.2 Å². The van der Waals surface area contributed by atoms with Crippen molar-refractivity contribution >= 4 is 5.91 Å². The molecule has 0 unspecified atom stereocenters. The second kappa shape index (κ2) is 8.01. The van der Waals surface area contributed by atoms with Crippen LogP contribution in [0.25, 0.3) is 0 Å². The molecule has 0 fully saturated rings. The first-order chi connectivity index (χ1) is 12.9. The van der Waals surface area contributed by atoms with Crippen LogP contribution in [0.4, 0.5) is 0 Å². The third-order valence-electron chi connectivity index (χ3n) is 5.28. The maximum absolute atomic E-state index is 12.7. The largest absolute Gasteiger partial charge is 0.497 e. The van der Waals surface area contributed by atoms with Gasteiger partial charge in [-0.2, -0.15) is 0 Å². The van der Waals surface area contributed by atoms with Crippen LogP contribution in [0.1, 0.15) is 35.3 Å². The van der Waals surface area contributed by atoms with Crippen LogP contribution in [0.15, 0.2) is 42.5 Å². The monoisotopic (exact) mass is 368 g/mol. The van der Waals surface area contributed by atoms with Gasteiger partial charge < -0.3 is 14.8 Å². The summed E-state index contributed by atoms with van der Waals surface area (Å²) in [6.45, 7) is 6.81. The molecule has 5 heteroatoms. The number of nitrogens with one attached hydrogen (secondary N) is 1. The highest BCUT2D eigenvalue weighted by Crippen LogP contribution is 2.26. The summed E-state index contributed by atoms with van der Waals surface area (Å²) in [5, 5.41) is 3.07. The molecular formula is C22H28N2O3. The second-order valence-electron chi connectivity index (χ2n) is 7.54. The van der Waals surface area contributed by atoms with E-state index in [1.807, 2.05) is 0 Å². The van der Waals surface area contributed by atoms with Gasteiger partial charge in [0.15, 0.2) is 0 Å². The van der Waals surface area contributed by atoms with Crippen molar-refractivity contribution in [2.75, 3.05) is 27.3 Å². The first-order valence-electron chi connectivity index (χ1n) is 9.26. The highest BCUT2D eigenvalue weighted by atomic mass is 16.5. The Morgan fingerprint density at radius 1 is 1.07 bits per heavy atom. The van der Waals surface area contributed by atoms with Crippen LogP contribution in [0.5, 0.6) is 11.5 Å². The van der Waals surface area contributed by atoms with Crippen LogP contribution in [-0.2, 0) is 13.0 Å². The summed E-state index contributed by atoms with van der Waals surface area (Å²) in [4.78, 5) is 15.1. The van der Waals surface area contributed by atoms with Crippen molar-refractivity contribution < 1.29 is 14.3 Å². The maximum atomic E-state index is 12.7. The lowest BCUT2D eigenvalue weighted by Gasteiger charge is -2.41. The van der Waals surface area contributed by atoms with Gasteiger partial charge in [-0.25, -0.2) is 0 Å². The summed E-state index contributed by atoms with van der Waals surface area (Å²) < 4.78 is 10.5. The Morgan fingerprint density at radius 2 is 1.70 bits per heavy atom. The van der Waals surface area contributed by atoms with Crippen molar-refractivity contribution in [1.82, 2.24) is 10.2 Å². The molecule has 0 bridgehead atoms. The van der Waals surface area contributed by atoms with Gasteiger partial charge >= 0.3 is 0 Å². The first-order valence-corrected chi connectivity index (χ1v) is 9.26. The number of nitrogens with zero attached hydrogens (tertiary/aromatic N) is 1. The van der Waals surface area contributed by atoms with Crippen LogP contribution in [0.2, 0.25) is 0 Å². The lowest BCUT2D eigenvalue weighted by Crippen LogP contribution is -2.53. The zero-order valence-electron chi connectivity index (χ0n) is 16.5. The van der Waals surface area contributed by atoms with Gasteiger partial charge in [0.1, 0.15) is 11.5 Å². The Hall–Kier alpha value is -2.53. The van der Waals surface area contributed by atoms with Crippen molar-refractivity contribution in [2.24, 2.45) is 0 Å². The molecule has 2 aromatic carbocycles. The molecule has 5 nitrogen and oxygen atoms in total. The predicted molar refractivity (Wildman–Crippen MR) is 107 cm³/mol. The van der Waals surface area contributed by atoms with Gasteiger partial charge in [0.25, 0.3) is 5.91 Å². The molecule has 1 N–H and O–H groups in total. The normalized spacial score (nSPS) is 14.4. The van der Waals surface area contributed by atoms with Crippen molar-refractivity contribution in [3.63, 3.8) is 0 Å². The minimum atomic E-state index is -0.147. The number of benzene rings is 2. The summed E-state index contributed by atoms with van der Waals surface area (Å²) in [5.74, 6) is 1.08. The van der Waals surface area contributed by atoms with Gasteiger partial charge in [-0.3, -0.25) is 9.69 Å². The lowest BCUT2D eigenvalue weighted by molar-refractivity contribution is 0.0825. The lowest BCUT2D eigenvalue weighted by atomic mass is 9.94. The highest BCUT2D eigenvalue weighted by Gasteiger charge is 2.30. The van der Waals surface area contributed by atoms with Gasteiger partial charge in [0, 0.05) is 36.8 Å². The Kier molecular flexibility index (Phi) is 5.71. The number of rotatable bonds is 6. The molecule has 0 radical (unpaired) electrons. The molecule has 144 valence electrons. The number of carbonyl (C=O) groups is 1. The fraction of sp³-hybridized carbons (Fsp3) is 0.409. The average molecular weight is 368 g/mol. The van der Waals surface area contributed by atoms with Crippen molar-refractivity contribution in [2.45, 2.75) is 32.4 Å². The second-order valence-corrected chi connectivity index (χ2v) is 7.54. The molecule has 0 saturated heterocycles. The molecule has 0 atom stereocenters. The molecule has 0 saturated carbocycles. The van der Waals surface area contributed by atoms with E-state index in [9.17, 15) is 4.79 Å². The first kappa shape index (κ1) is 19.2. The summed E-state index contributed by atoms with van der Waals surface area (Å²) in [6.07, 6.45) is 1.04. The van der Waals surface area contributed by atoms with Crippen LogP contribution in [0.3, 0.4) is 0 Å². The van der Waals surface area contributed by atoms with E-state index in [1.54, 1.807) is 32.4 Å². The zero-order chi connectivity index (χ0) is 19.4. The minimum Gasteiger partial charge on any atom is -0.497 e. The zero-order valence-corrected chi connectivity index (χ0v) is 16.5. The van der Waals surface area contributed by atoms with Crippen molar-refractivity contribution in [3.8, 4) is 11.5 Å². The van der Waals surface area contributed by atoms with Gasteiger partial charge in [0.2, 0.25) is 0 Å². The van der Waals surface area contributed by atoms with Gasteiger partial charge in [-0.15, -0.1) is 0 Å². The van der Waals surface area contributed by atoms with E-state index in [1.165, 1.54) is 11.1 Å². The quantitative estimate of drug-likeness (QED) is 0.850. The predicted octanol–water partition coefficient (Wildman–Crippen LogP) is 3.27. The molecule has 0 aliphatic carbocycles. The number of fused-ring (bicyclic) bond motifs is 1. The third kappa shape index (κ3) is 4.42. The Labute approximate surface area is 161 Å². The van der Waals surface area contributed by atoms with Gasteiger partial charge in [-0.1, -0.05) is 24.3 Å². The number of hydrogen-bond donors (Lipinski definition) is 1. The standard InChI is InChI=1S/C22H28N2O3/c1-22(2,24-10-9-16-7-5-6-8-17(16)14-24)15-23-21(25)18-11-19(26-3)13-20(12-18)27-4/h5-8,11-13H,9-10,14-15H2,1-4H3,(H,23,25). The number of ether oxygens (including phenoxy) is 2. The molecule has 27 heavy (non-hydrogen) atoms. The highest BCUT2D eigenvalue weighted by molar-refractivity contribution is 5.95. The van der Waals surface area contributed by atoms with E-state index in [2.05, 4.69) is 48.3 Å². The number of amides is 1. The number of methoxy groups -OCH3 is 2. The van der Waals surface area contributed by atoms with Crippen LogP contribution in [-0.4, -0.2) is 43.7 Å². The van der Waals surface area contributed by atoms with Gasteiger partial charge in [-0.05, 0) is 43.5 Å². The SMILES string of the molecule is COc1cc(OC)cc(C(=O)NCC(C)(C)N2CCc3ccccc3C2)c1. The molecule has 0 spiro atoms. The van der Waals surface area contributed by atoms with E-state index in [0.717, 1.165) is 19.5 Å². The summed E-state index contributed by atoms with van der Waals surface area (Å²) in [6, 6.07) is 13.8. The van der Waals surface area contributed by atoms with E-state index in [-0.39, 0.29) is 11.4 Å². The van der Waals surface area contributed by atoms with E-state index in [4.69, 9.17) is 9.47 Å². The molecule has 1 aliphatic heterocycles. The molecule has 1 heterocycles. The summed E-state index contributed by atoms with van der Waals surface area (Å²) >= 11 is 0.